The molecule has 0 bridgehead atoms. The molecule has 1 saturated carbocycles. The van der Waals surface area contributed by atoms with Gasteiger partial charge in [-0.25, -0.2) is 9.59 Å². The van der Waals surface area contributed by atoms with Gasteiger partial charge >= 0.3 is 23.5 Å². The number of pyridine rings is 1. The molecule has 43 heavy (non-hydrogen) atoms. The summed E-state index contributed by atoms with van der Waals surface area (Å²) >= 11 is 0. The molecule has 5 rings (SSSR count). The van der Waals surface area contributed by atoms with Crippen LogP contribution >= 0.6 is 0 Å². The number of fused-ring (bicyclic) bond motifs is 2. The number of rotatable bonds is 6. The molecule has 1 fully saturated rings. The summed E-state index contributed by atoms with van der Waals surface area (Å²) in [6.07, 6.45) is -0.723. The SMILES string of the molecule is CC(=O)OC(OC(C)=O)[C@H]1CC2C(O)c3c(cc(-c4cccnc4)oc3=O)O[C@]2(C)[C@@H](OC(=O)c2ccc(C#N)cc2)C1. The maximum absolute atomic E-state index is 13.3. The number of hydrogen-bond acceptors (Lipinski definition) is 12. The van der Waals surface area contributed by atoms with E-state index >= 15 is 0 Å². The summed E-state index contributed by atoms with van der Waals surface area (Å²) < 4.78 is 28.5. The van der Waals surface area contributed by atoms with Crippen molar-refractivity contribution in [3.8, 4) is 23.1 Å². The number of carbonyl (C=O) groups excluding carboxylic acids is 3. The molecule has 12 nitrogen and oxygen atoms in total. The minimum absolute atomic E-state index is 0.0131. The second-order valence-corrected chi connectivity index (χ2v) is 10.7. The van der Waals surface area contributed by atoms with E-state index < -0.39 is 59.5 Å². The molecule has 3 aromatic rings. The van der Waals surface area contributed by atoms with Crippen LogP contribution in [0.4, 0.5) is 0 Å². The Morgan fingerprint density at radius 3 is 2.42 bits per heavy atom. The highest BCUT2D eigenvalue weighted by molar-refractivity contribution is 5.89. The lowest BCUT2D eigenvalue weighted by Gasteiger charge is -2.53. The average molecular weight is 589 g/mol. The molecule has 0 amide bonds. The van der Waals surface area contributed by atoms with Crippen LogP contribution in [-0.2, 0) is 23.8 Å². The van der Waals surface area contributed by atoms with Gasteiger partial charge in [0.25, 0.3) is 0 Å². The molecule has 5 atom stereocenters. The van der Waals surface area contributed by atoms with Gasteiger partial charge in [-0.15, -0.1) is 0 Å². The van der Waals surface area contributed by atoms with Crippen LogP contribution in [0.15, 0.2) is 64.1 Å². The highest BCUT2D eigenvalue weighted by atomic mass is 16.7. The Hall–Kier alpha value is -5.02. The van der Waals surface area contributed by atoms with Crippen molar-refractivity contribution in [2.75, 3.05) is 0 Å². The Balaban J connectivity index is 1.56. The molecular weight excluding hydrogens is 560 g/mol. The molecule has 1 aromatic carbocycles. The van der Waals surface area contributed by atoms with Gasteiger partial charge in [0.15, 0.2) is 0 Å². The lowest BCUT2D eigenvalue weighted by atomic mass is 9.65. The van der Waals surface area contributed by atoms with Crippen LogP contribution in [0.2, 0.25) is 0 Å². The van der Waals surface area contributed by atoms with Crippen molar-refractivity contribution in [3.05, 3.63) is 82.0 Å². The summed E-state index contributed by atoms with van der Waals surface area (Å²) in [5.41, 5.74) is -1.31. The molecule has 3 heterocycles. The van der Waals surface area contributed by atoms with Gasteiger partial charge in [0, 0.05) is 49.7 Å². The first-order valence-electron chi connectivity index (χ1n) is 13.5. The fraction of sp³-hybridized carbons (Fsp3) is 0.355. The zero-order valence-corrected chi connectivity index (χ0v) is 23.5. The summed E-state index contributed by atoms with van der Waals surface area (Å²) in [4.78, 5) is 54.3. The fourth-order valence-electron chi connectivity index (χ4n) is 5.72. The monoisotopic (exact) mass is 588 g/mol. The molecule has 1 aliphatic carbocycles. The van der Waals surface area contributed by atoms with E-state index in [0.717, 1.165) is 13.8 Å². The van der Waals surface area contributed by atoms with Gasteiger partial charge in [0.2, 0.25) is 6.29 Å². The summed E-state index contributed by atoms with van der Waals surface area (Å²) in [7, 11) is 0. The summed E-state index contributed by atoms with van der Waals surface area (Å²) in [6, 6.07) is 12.7. The Labute approximate surface area is 245 Å². The number of esters is 3. The molecule has 0 radical (unpaired) electrons. The first-order chi connectivity index (χ1) is 20.5. The van der Waals surface area contributed by atoms with Crippen LogP contribution in [0.25, 0.3) is 11.3 Å². The zero-order valence-electron chi connectivity index (χ0n) is 23.5. The predicted octanol–water partition coefficient (Wildman–Crippen LogP) is 3.46. The molecule has 2 aliphatic rings. The van der Waals surface area contributed by atoms with Crippen LogP contribution in [0.5, 0.6) is 5.75 Å². The lowest BCUT2D eigenvalue weighted by molar-refractivity contribution is -0.220. The number of aliphatic hydroxyl groups excluding tert-OH is 1. The summed E-state index contributed by atoms with van der Waals surface area (Å²) in [5, 5.41) is 20.7. The van der Waals surface area contributed by atoms with Gasteiger partial charge in [0.05, 0.1) is 23.3 Å². The van der Waals surface area contributed by atoms with Gasteiger partial charge in [-0.05, 0) is 56.2 Å². The van der Waals surface area contributed by atoms with Crippen molar-refractivity contribution in [1.29, 1.82) is 5.26 Å². The summed E-state index contributed by atoms with van der Waals surface area (Å²) in [5.74, 6) is -3.57. The van der Waals surface area contributed by atoms with Gasteiger partial charge < -0.3 is 28.5 Å². The number of nitrogens with zero attached hydrogens (tertiary/aromatic N) is 2. The quantitative estimate of drug-likeness (QED) is 0.328. The third-order valence-corrected chi connectivity index (χ3v) is 7.80. The van der Waals surface area contributed by atoms with Gasteiger partial charge in [-0.3, -0.25) is 14.6 Å². The van der Waals surface area contributed by atoms with Crippen molar-refractivity contribution in [2.45, 2.75) is 57.7 Å². The fourth-order valence-corrected chi connectivity index (χ4v) is 5.72. The highest BCUT2D eigenvalue weighted by Crippen LogP contribution is 2.53. The standard InChI is InChI=1S/C31H28N2O10/c1-16(34)39-30(40-17(2)35)21-11-22-27(36)26-24(13-23(41-29(26)38)20-5-4-10-33-15-20)43-31(22,3)25(12-21)42-28(37)19-8-6-18(14-32)7-9-19/h4-10,13,15,21-22,25,27,30,36H,11-12H2,1-3H3/t21-,22?,25-,27?,31-/m0/s1. The number of benzene rings is 1. The molecule has 2 unspecified atom stereocenters. The maximum atomic E-state index is 13.3. The van der Waals surface area contributed by atoms with Crippen LogP contribution in [0.3, 0.4) is 0 Å². The van der Waals surface area contributed by atoms with Crippen LogP contribution in [0, 0.1) is 23.2 Å². The minimum atomic E-state index is -1.44. The van der Waals surface area contributed by atoms with Crippen molar-refractivity contribution < 1.29 is 42.9 Å². The highest BCUT2D eigenvalue weighted by Gasteiger charge is 2.59. The van der Waals surface area contributed by atoms with Crippen LogP contribution in [-0.4, -0.2) is 46.0 Å². The van der Waals surface area contributed by atoms with E-state index in [2.05, 4.69) is 4.98 Å². The lowest BCUT2D eigenvalue weighted by Crippen LogP contribution is -2.62. The predicted molar refractivity (Wildman–Crippen MR) is 146 cm³/mol. The van der Waals surface area contributed by atoms with E-state index in [-0.39, 0.29) is 35.5 Å². The minimum Gasteiger partial charge on any atom is -0.482 e. The summed E-state index contributed by atoms with van der Waals surface area (Å²) in [6.45, 7) is 3.97. The first kappa shape index (κ1) is 29.5. The molecule has 0 spiro atoms. The number of nitriles is 1. The number of hydrogen-bond donors (Lipinski definition) is 1. The van der Waals surface area contributed by atoms with Crippen molar-refractivity contribution >= 4 is 17.9 Å². The molecule has 12 heteroatoms. The molecular formula is C31H28N2O10. The number of aliphatic hydroxyl groups is 1. The Morgan fingerprint density at radius 1 is 1.12 bits per heavy atom. The second kappa shape index (κ2) is 11.7. The molecule has 1 aliphatic heterocycles. The van der Waals surface area contributed by atoms with E-state index in [9.17, 15) is 24.3 Å². The Morgan fingerprint density at radius 2 is 1.81 bits per heavy atom. The molecule has 1 N–H and O–H groups in total. The van der Waals surface area contributed by atoms with Crippen LogP contribution < -0.4 is 10.4 Å². The third-order valence-electron chi connectivity index (χ3n) is 7.80. The van der Waals surface area contributed by atoms with Crippen molar-refractivity contribution in [3.63, 3.8) is 0 Å². The topological polar surface area (TPSA) is 175 Å². The van der Waals surface area contributed by atoms with E-state index in [4.69, 9.17) is 28.6 Å². The van der Waals surface area contributed by atoms with E-state index in [0.29, 0.717) is 11.1 Å². The van der Waals surface area contributed by atoms with E-state index in [1.165, 1.54) is 36.5 Å². The number of aromatic nitrogens is 1. The van der Waals surface area contributed by atoms with E-state index in [1.807, 2.05) is 6.07 Å². The smallest absolute Gasteiger partial charge is 0.345 e. The van der Waals surface area contributed by atoms with Crippen molar-refractivity contribution in [1.82, 2.24) is 4.98 Å². The molecule has 222 valence electrons. The molecule has 2 aromatic heterocycles. The van der Waals surface area contributed by atoms with Gasteiger partial charge in [0.1, 0.15) is 28.8 Å². The average Bonchev–Trinajstić information content (AvgIpc) is 2.97. The largest absolute Gasteiger partial charge is 0.482 e. The maximum Gasteiger partial charge on any atom is 0.345 e. The zero-order chi connectivity index (χ0) is 30.9. The van der Waals surface area contributed by atoms with E-state index in [1.54, 1.807) is 25.3 Å². The molecule has 0 saturated heterocycles. The van der Waals surface area contributed by atoms with Crippen LogP contribution in [0.1, 0.15) is 61.2 Å². The second-order valence-electron chi connectivity index (χ2n) is 10.7. The van der Waals surface area contributed by atoms with Crippen molar-refractivity contribution in [2.24, 2.45) is 11.8 Å². The Kier molecular flexibility index (Phi) is 8.02. The third kappa shape index (κ3) is 5.85. The number of ether oxygens (including phenoxy) is 4. The van der Waals surface area contributed by atoms with Gasteiger partial charge in [-0.2, -0.15) is 5.26 Å². The first-order valence-corrected chi connectivity index (χ1v) is 13.5. The number of carbonyl (C=O) groups is 3. The normalized spacial score (nSPS) is 24.0. The van der Waals surface area contributed by atoms with Gasteiger partial charge in [-0.1, -0.05) is 0 Å². The Bertz CT molecular complexity index is 1630.